The van der Waals surface area contributed by atoms with Gasteiger partial charge in [0, 0.05) is 43.3 Å². The van der Waals surface area contributed by atoms with Crippen molar-refractivity contribution in [2.24, 2.45) is 5.84 Å². The number of nitrogen functional groups attached to an aromatic ring is 2. The molecule has 348 valence electrons. The summed E-state index contributed by atoms with van der Waals surface area (Å²) < 4.78 is 13.5. The number of ketones is 1. The minimum absolute atomic E-state index is 0.00468. The van der Waals surface area contributed by atoms with Crippen molar-refractivity contribution >= 4 is 40.3 Å². The molecule has 17 heteroatoms. The minimum Gasteiger partial charge on any atom is -0.457 e. The number of likely N-dealkylation sites (tertiary alicyclic amines) is 2. The van der Waals surface area contributed by atoms with Gasteiger partial charge >= 0.3 is 0 Å². The zero-order valence-corrected chi connectivity index (χ0v) is 37.8. The molecule has 17 nitrogen and oxygen atoms in total. The molecule has 0 radical (unpaired) electrons. The zero-order chi connectivity index (χ0) is 48.0. The molecule has 0 aliphatic carbocycles. The number of aromatic nitrogens is 6. The fourth-order valence-corrected chi connectivity index (χ4v) is 7.90. The van der Waals surface area contributed by atoms with E-state index in [0.29, 0.717) is 64.7 Å². The number of ether oxygens (including phenoxy) is 2. The Morgan fingerprint density at radius 2 is 1.21 bits per heavy atom. The highest BCUT2D eigenvalue weighted by Crippen LogP contribution is 2.35. The maximum absolute atomic E-state index is 12.6. The number of rotatable bonds is 11. The van der Waals surface area contributed by atoms with E-state index in [4.69, 9.17) is 31.9 Å². The second kappa shape index (κ2) is 22.8. The molecule has 9 rings (SSSR count). The van der Waals surface area contributed by atoms with Gasteiger partial charge in [-0.3, -0.25) is 25.7 Å². The van der Waals surface area contributed by atoms with Gasteiger partial charge in [0.1, 0.15) is 53.0 Å². The molecule has 2 atom stereocenters. The van der Waals surface area contributed by atoms with Crippen LogP contribution in [0, 0.1) is 6.92 Å². The number of anilines is 2. The number of carbonyl (C=O) groups is 3. The number of aryl methyl sites for hydroxylation is 1. The number of carbonyl (C=O) groups excluding carboxylic acids is 3. The van der Waals surface area contributed by atoms with Crippen LogP contribution in [0.1, 0.15) is 53.3 Å². The van der Waals surface area contributed by atoms with Gasteiger partial charge < -0.3 is 30.7 Å². The summed E-state index contributed by atoms with van der Waals surface area (Å²) >= 11 is 0. The predicted octanol–water partition coefficient (Wildman–Crippen LogP) is 7.23. The molecular formula is C51H54N12O5. The van der Waals surface area contributed by atoms with Crippen LogP contribution in [0.4, 0.5) is 11.6 Å². The fourth-order valence-electron chi connectivity index (χ4n) is 7.90. The van der Waals surface area contributed by atoms with Gasteiger partial charge in [-0.25, -0.2) is 24.6 Å². The molecule has 7 aromatic rings. The number of para-hydroxylation sites is 2. The quantitative estimate of drug-likeness (QED) is 0.0434. The van der Waals surface area contributed by atoms with Crippen molar-refractivity contribution in [3.05, 3.63) is 164 Å². The molecule has 2 aliphatic heterocycles. The lowest BCUT2D eigenvalue weighted by molar-refractivity contribution is -0.128. The average Bonchev–Trinajstić information content (AvgIpc) is 3.78. The number of benzene rings is 4. The van der Waals surface area contributed by atoms with Crippen LogP contribution in [0.3, 0.4) is 0 Å². The Kier molecular flexibility index (Phi) is 16.0. The number of amides is 2. The van der Waals surface area contributed by atoms with E-state index in [9.17, 15) is 14.4 Å². The highest BCUT2D eigenvalue weighted by atomic mass is 16.5. The Bertz CT molecular complexity index is 2820. The second-order valence-electron chi connectivity index (χ2n) is 16.0. The van der Waals surface area contributed by atoms with E-state index in [-0.39, 0.29) is 35.5 Å². The lowest BCUT2D eigenvalue weighted by Crippen LogP contribution is -2.49. The summed E-state index contributed by atoms with van der Waals surface area (Å²) in [6, 6.07) is 33.9. The molecule has 0 spiro atoms. The maximum Gasteiger partial charge on any atom is 0.246 e. The van der Waals surface area contributed by atoms with Crippen LogP contribution in [0.2, 0.25) is 0 Å². The van der Waals surface area contributed by atoms with Gasteiger partial charge in [-0.15, -0.1) is 0 Å². The average molecular weight is 915 g/mol. The summed E-state index contributed by atoms with van der Waals surface area (Å²) in [5.41, 5.74) is 18.4. The van der Waals surface area contributed by atoms with E-state index >= 15 is 0 Å². The van der Waals surface area contributed by atoms with Gasteiger partial charge in [0.2, 0.25) is 11.8 Å². The smallest absolute Gasteiger partial charge is 0.246 e. The lowest BCUT2D eigenvalue weighted by Gasteiger charge is -2.32. The van der Waals surface area contributed by atoms with E-state index in [2.05, 4.69) is 38.5 Å². The number of nitrogens with two attached hydrogens (primary N) is 3. The van der Waals surface area contributed by atoms with Crippen LogP contribution >= 0.6 is 0 Å². The highest BCUT2D eigenvalue weighted by Gasteiger charge is 2.28. The van der Waals surface area contributed by atoms with Crippen molar-refractivity contribution in [2.45, 2.75) is 44.7 Å². The van der Waals surface area contributed by atoms with Crippen LogP contribution < -0.4 is 32.2 Å². The molecule has 7 N–H and O–H groups in total. The van der Waals surface area contributed by atoms with Crippen LogP contribution in [-0.4, -0.2) is 89.3 Å². The van der Waals surface area contributed by atoms with Gasteiger partial charge in [0.15, 0.2) is 11.4 Å². The highest BCUT2D eigenvalue weighted by molar-refractivity contribution is 6.12. The molecule has 5 heterocycles. The Hall–Kier alpha value is -8.28. The largest absolute Gasteiger partial charge is 0.457 e. The number of hydrogen-bond acceptors (Lipinski definition) is 14. The normalized spacial score (nSPS) is 15.4. The summed E-state index contributed by atoms with van der Waals surface area (Å²) in [4.78, 5) is 56.0. The molecule has 2 amide bonds. The third-order valence-electron chi connectivity index (χ3n) is 11.4. The van der Waals surface area contributed by atoms with Crippen LogP contribution in [0.15, 0.2) is 147 Å². The number of fused-ring (bicyclic) bond motifs is 1. The van der Waals surface area contributed by atoms with Gasteiger partial charge in [0.25, 0.3) is 0 Å². The molecule has 2 aliphatic rings. The molecule has 3 aromatic heterocycles. The Labute approximate surface area is 394 Å². The Balaban J connectivity index is 0.000000169. The summed E-state index contributed by atoms with van der Waals surface area (Å²) in [5, 5.41) is 5.62. The van der Waals surface area contributed by atoms with Gasteiger partial charge in [-0.05, 0) is 118 Å². The molecule has 0 unspecified atom stereocenters. The van der Waals surface area contributed by atoms with Crippen molar-refractivity contribution in [3.8, 4) is 34.3 Å². The molecule has 2 fully saturated rings. The first-order valence-corrected chi connectivity index (χ1v) is 22.1. The first-order chi connectivity index (χ1) is 33.1. The lowest BCUT2D eigenvalue weighted by atomic mass is 10.0. The van der Waals surface area contributed by atoms with Gasteiger partial charge in [-0.2, -0.15) is 5.10 Å². The van der Waals surface area contributed by atoms with E-state index in [1.54, 1.807) is 41.0 Å². The van der Waals surface area contributed by atoms with E-state index in [1.807, 2.05) is 89.6 Å². The number of piperidine rings is 2. The first-order valence-electron chi connectivity index (χ1n) is 22.1. The number of hydrazine groups is 1. The van der Waals surface area contributed by atoms with Gasteiger partial charge in [-0.1, -0.05) is 49.6 Å². The van der Waals surface area contributed by atoms with Gasteiger partial charge in [0.05, 0.1) is 22.7 Å². The number of hydrogen-bond donors (Lipinski definition) is 4. The van der Waals surface area contributed by atoms with E-state index in [1.165, 1.54) is 24.8 Å². The topological polar surface area (TPSA) is 236 Å². The second-order valence-corrected chi connectivity index (χ2v) is 16.0. The third-order valence-corrected chi connectivity index (χ3v) is 11.4. The summed E-state index contributed by atoms with van der Waals surface area (Å²) in [6.45, 7) is 11.6. The van der Waals surface area contributed by atoms with Crippen LogP contribution in [-0.2, 0) is 9.59 Å². The van der Waals surface area contributed by atoms with Crippen molar-refractivity contribution < 1.29 is 23.9 Å². The van der Waals surface area contributed by atoms with E-state index < -0.39 is 0 Å². The molecule has 0 bridgehead atoms. The Morgan fingerprint density at radius 3 is 1.78 bits per heavy atom. The Morgan fingerprint density at radius 1 is 0.676 bits per heavy atom. The molecule has 2 saturated heterocycles. The summed E-state index contributed by atoms with van der Waals surface area (Å²) in [6.07, 6.45) is 9.32. The molecular weight excluding hydrogens is 861 g/mol. The standard InChI is InChI=1S/C25H24N6O2.C18H15N3O2.C8H15N3O/c1-2-21(32)30-14-6-7-18(15-30)31-25-22(24(26)27-16-28-25)23(29-31)17-10-12-20(13-11-17)33-19-8-4-3-5-9-19;1-12-16(18(19)21-11-20-12)17(22)13-7-9-15(10-8-13)23-14-5-3-2-4-6-14;1-2-8(12)11-5-3-4-7(6-11)10-9/h2-5,8-13,16,18H,1,6-7,14-15H2,(H2,26,27,28);2-11H,1H3,(H2,19,20,21);2,7,10H,1,3-6,9H2/t18-;;7-/m1.1/s1. The molecule has 68 heavy (non-hydrogen) atoms. The van der Waals surface area contributed by atoms with Crippen molar-refractivity contribution in [1.29, 1.82) is 0 Å². The monoisotopic (exact) mass is 914 g/mol. The third kappa shape index (κ3) is 11.7. The maximum atomic E-state index is 12.6. The summed E-state index contributed by atoms with van der Waals surface area (Å²) in [5.74, 6) is 8.47. The van der Waals surface area contributed by atoms with Crippen LogP contribution in [0.25, 0.3) is 22.3 Å². The minimum atomic E-state index is -0.202. The summed E-state index contributed by atoms with van der Waals surface area (Å²) in [7, 11) is 0. The van der Waals surface area contributed by atoms with Crippen LogP contribution in [0.5, 0.6) is 23.0 Å². The van der Waals surface area contributed by atoms with Crippen molar-refractivity contribution in [1.82, 2.24) is 44.9 Å². The van der Waals surface area contributed by atoms with Crippen molar-refractivity contribution in [2.75, 3.05) is 37.6 Å². The fraction of sp³-hybridized carbons (Fsp3) is 0.216. The van der Waals surface area contributed by atoms with E-state index in [0.717, 1.165) is 55.0 Å². The molecule has 4 aromatic carbocycles. The zero-order valence-electron chi connectivity index (χ0n) is 37.8. The number of nitrogens with zero attached hydrogens (tertiary/aromatic N) is 8. The SMILES string of the molecule is C=CC(=O)N1CCC[C@@H](NN)C1.C=CC(=O)N1CCC[C@@H](n2nc(-c3ccc(Oc4ccccc4)cc3)c3c(N)ncnc32)C1.Cc1ncnc(N)c1C(=O)c1ccc(Oc2ccccc2)cc1. The first kappa shape index (κ1) is 47.7. The van der Waals surface area contributed by atoms with Crippen molar-refractivity contribution in [3.63, 3.8) is 0 Å². The predicted molar refractivity (Wildman–Crippen MR) is 261 cm³/mol. The molecule has 0 saturated carbocycles. The number of nitrogens with one attached hydrogen (secondary N) is 1.